The minimum Gasteiger partial charge on any atom is -0.457 e. The van der Waals surface area contributed by atoms with Crippen LogP contribution in [-0.2, 0) is 27.9 Å². The fourth-order valence-corrected chi connectivity index (χ4v) is 6.71. The van der Waals surface area contributed by atoms with Crippen molar-refractivity contribution >= 4 is 13.8 Å². The number of aliphatic hydroxyl groups excluding tert-OH is 2. The largest absolute Gasteiger partial charge is 0.472 e. The molecule has 0 aromatic carbocycles. The maximum absolute atomic E-state index is 12.6. The van der Waals surface area contributed by atoms with E-state index in [-0.39, 0.29) is 13.0 Å². The number of hydrogen-bond donors (Lipinski definition) is 3. The van der Waals surface area contributed by atoms with E-state index in [4.69, 9.17) is 23.6 Å². The first-order valence-corrected chi connectivity index (χ1v) is 25.2. The molecule has 0 rings (SSSR count). The normalized spacial score (nSPS) is 14.8. The van der Waals surface area contributed by atoms with Gasteiger partial charge in [-0.05, 0) is 96.3 Å². The Balaban J connectivity index is 4.21. The molecule has 61 heavy (non-hydrogen) atoms. The van der Waals surface area contributed by atoms with Gasteiger partial charge in [-0.2, -0.15) is 0 Å². The van der Waals surface area contributed by atoms with Crippen molar-refractivity contribution in [2.75, 3.05) is 33.0 Å². The van der Waals surface area contributed by atoms with Gasteiger partial charge in [0.05, 0.1) is 26.4 Å². The molecule has 0 aliphatic carbocycles. The number of hydrogen-bond acceptors (Lipinski definition) is 8. The Labute approximate surface area is 372 Å². The second-order valence-corrected chi connectivity index (χ2v) is 16.8. The van der Waals surface area contributed by atoms with Gasteiger partial charge in [0.2, 0.25) is 0 Å². The van der Waals surface area contributed by atoms with Gasteiger partial charge in [0.15, 0.2) is 0 Å². The molecule has 9 nitrogen and oxygen atoms in total. The molecular weight excluding hydrogens is 788 g/mol. The van der Waals surface area contributed by atoms with E-state index in [1.165, 1.54) is 32.1 Å². The summed E-state index contributed by atoms with van der Waals surface area (Å²) in [6, 6.07) is 0. The molecule has 3 atom stereocenters. The summed E-state index contributed by atoms with van der Waals surface area (Å²) >= 11 is 0. The van der Waals surface area contributed by atoms with E-state index >= 15 is 0 Å². The number of phosphoric ester groups is 1. The summed E-state index contributed by atoms with van der Waals surface area (Å²) in [5.41, 5.74) is 0. The lowest BCUT2D eigenvalue weighted by atomic mass is 10.1. The predicted molar refractivity (Wildman–Crippen MR) is 255 cm³/mol. The summed E-state index contributed by atoms with van der Waals surface area (Å²) in [6.07, 6.45) is 59.4. The quantitative estimate of drug-likeness (QED) is 0.0237. The lowest BCUT2D eigenvalue weighted by molar-refractivity contribution is -0.154. The molecule has 0 radical (unpaired) electrons. The van der Waals surface area contributed by atoms with Crippen LogP contribution in [0.2, 0.25) is 0 Å². The highest BCUT2D eigenvalue weighted by atomic mass is 31.2. The molecule has 3 unspecified atom stereocenters. The molecule has 0 heterocycles. The van der Waals surface area contributed by atoms with Gasteiger partial charge in [-0.1, -0.05) is 169 Å². The van der Waals surface area contributed by atoms with E-state index in [9.17, 15) is 19.4 Å². The molecule has 0 amide bonds. The lowest BCUT2D eigenvalue weighted by Crippen LogP contribution is -2.29. The number of unbranched alkanes of at least 4 members (excludes halogenated alkanes) is 14. The molecule has 0 saturated heterocycles. The molecule has 350 valence electrons. The Bertz CT molecular complexity index is 1270. The van der Waals surface area contributed by atoms with Crippen LogP contribution in [0.5, 0.6) is 0 Å². The van der Waals surface area contributed by atoms with Crippen molar-refractivity contribution in [1.29, 1.82) is 0 Å². The van der Waals surface area contributed by atoms with Crippen molar-refractivity contribution in [3.05, 3.63) is 97.2 Å². The smallest absolute Gasteiger partial charge is 0.457 e. The number of aliphatic hydroxyl groups is 2. The van der Waals surface area contributed by atoms with Crippen LogP contribution < -0.4 is 0 Å². The van der Waals surface area contributed by atoms with Gasteiger partial charge in [0.25, 0.3) is 0 Å². The van der Waals surface area contributed by atoms with Crippen LogP contribution in [-0.4, -0.2) is 66.3 Å². The SMILES string of the molecule is CC/C=C\C/C=C\C/C=C\C/C=C\C/C=C\C/C=C\CCCCCCCOCC(COP(=O)(O)OCC(O)CO)OC(=O)CCCCCCC/C=C\C/C=C\CCCCCC. The number of carbonyl (C=O) groups excluding carboxylic acids is 1. The lowest BCUT2D eigenvalue weighted by Gasteiger charge is -2.20. The van der Waals surface area contributed by atoms with Crippen LogP contribution in [0.1, 0.15) is 174 Å². The topological polar surface area (TPSA) is 132 Å². The van der Waals surface area contributed by atoms with Crippen LogP contribution in [0.15, 0.2) is 97.2 Å². The number of esters is 1. The van der Waals surface area contributed by atoms with Gasteiger partial charge in [-0.25, -0.2) is 4.57 Å². The molecule has 0 fully saturated rings. The Morgan fingerprint density at radius 1 is 0.525 bits per heavy atom. The molecule has 0 spiro atoms. The van der Waals surface area contributed by atoms with Crippen LogP contribution in [0.25, 0.3) is 0 Å². The summed E-state index contributed by atoms with van der Waals surface area (Å²) in [6.45, 7) is 3.30. The van der Waals surface area contributed by atoms with Gasteiger partial charge in [-0.15, -0.1) is 0 Å². The fraction of sp³-hybridized carbons (Fsp3) is 0.667. The number of phosphoric acid groups is 1. The third-order valence-electron chi connectivity index (χ3n) is 9.50. The Morgan fingerprint density at radius 2 is 0.934 bits per heavy atom. The molecule has 0 aliphatic rings. The Kier molecular flexibility index (Phi) is 44.9. The van der Waals surface area contributed by atoms with Crippen molar-refractivity contribution in [1.82, 2.24) is 0 Å². The van der Waals surface area contributed by atoms with Gasteiger partial charge in [0.1, 0.15) is 12.2 Å². The molecule has 0 bridgehead atoms. The number of ether oxygens (including phenoxy) is 2. The fourth-order valence-electron chi connectivity index (χ4n) is 5.92. The van der Waals surface area contributed by atoms with Gasteiger partial charge >= 0.3 is 13.8 Å². The van der Waals surface area contributed by atoms with Crippen LogP contribution >= 0.6 is 7.82 Å². The van der Waals surface area contributed by atoms with Crippen molar-refractivity contribution in [2.45, 2.75) is 187 Å². The zero-order valence-corrected chi connectivity index (χ0v) is 39.2. The summed E-state index contributed by atoms with van der Waals surface area (Å²) in [5.74, 6) is -0.408. The number of allylic oxidation sites excluding steroid dienone is 16. The highest BCUT2D eigenvalue weighted by molar-refractivity contribution is 7.47. The molecular formula is C51H87O9P. The average Bonchev–Trinajstić information content (AvgIpc) is 3.25. The molecule has 0 aliphatic heterocycles. The Hall–Kier alpha value is -2.62. The maximum Gasteiger partial charge on any atom is 0.472 e. The molecule has 3 N–H and O–H groups in total. The van der Waals surface area contributed by atoms with Gasteiger partial charge in [-0.3, -0.25) is 13.8 Å². The molecule has 0 saturated carbocycles. The standard InChI is InChI=1S/C51H87O9P/c1-3-5-7-9-11-13-15-17-19-21-22-23-24-25-26-27-28-30-32-34-36-38-40-42-44-57-47-50(48-59-61(55,56)58-46-49(53)45-52)60-51(54)43-41-39-37-35-33-31-29-20-18-16-14-12-10-8-6-4-2/h5,7,11,13-14,16-17,19-20,22-23,25-26,28-30,49-50,52-53H,3-4,6,8-10,12,15,18,21,24,27,31-48H2,1-2H3,(H,55,56)/b7-5-,13-11-,16-14-,19-17-,23-22-,26-25-,29-20-,30-28-. The molecule has 10 heteroatoms. The third-order valence-corrected chi connectivity index (χ3v) is 10.5. The number of carbonyl (C=O) groups is 1. The third kappa shape index (κ3) is 46.7. The van der Waals surface area contributed by atoms with Crippen molar-refractivity contribution in [2.24, 2.45) is 0 Å². The minimum absolute atomic E-state index is 0.0238. The van der Waals surface area contributed by atoms with E-state index in [0.29, 0.717) is 13.0 Å². The summed E-state index contributed by atoms with van der Waals surface area (Å²) in [4.78, 5) is 22.6. The zero-order valence-electron chi connectivity index (χ0n) is 38.3. The highest BCUT2D eigenvalue weighted by Gasteiger charge is 2.26. The van der Waals surface area contributed by atoms with Crippen molar-refractivity contribution in [3.8, 4) is 0 Å². The maximum atomic E-state index is 12.6. The monoisotopic (exact) mass is 875 g/mol. The van der Waals surface area contributed by atoms with Gasteiger partial charge in [0, 0.05) is 13.0 Å². The Morgan fingerprint density at radius 3 is 1.41 bits per heavy atom. The highest BCUT2D eigenvalue weighted by Crippen LogP contribution is 2.43. The predicted octanol–water partition coefficient (Wildman–Crippen LogP) is 13.6. The molecule has 0 aromatic heterocycles. The second-order valence-electron chi connectivity index (χ2n) is 15.4. The van der Waals surface area contributed by atoms with Crippen molar-refractivity contribution < 1.29 is 43.0 Å². The first-order valence-electron chi connectivity index (χ1n) is 23.7. The van der Waals surface area contributed by atoms with E-state index in [2.05, 4.69) is 111 Å². The first-order chi connectivity index (χ1) is 29.8. The van der Waals surface area contributed by atoms with Crippen LogP contribution in [0.4, 0.5) is 0 Å². The van der Waals surface area contributed by atoms with E-state index < -0.39 is 45.8 Å². The van der Waals surface area contributed by atoms with Crippen LogP contribution in [0.3, 0.4) is 0 Å². The van der Waals surface area contributed by atoms with Crippen molar-refractivity contribution in [3.63, 3.8) is 0 Å². The summed E-state index contributed by atoms with van der Waals surface area (Å²) < 4.78 is 33.4. The zero-order chi connectivity index (χ0) is 44.6. The minimum atomic E-state index is -4.54. The second kappa shape index (κ2) is 46.9. The summed E-state index contributed by atoms with van der Waals surface area (Å²) in [7, 11) is -4.54. The van der Waals surface area contributed by atoms with E-state index in [1.54, 1.807) is 0 Å². The van der Waals surface area contributed by atoms with E-state index in [0.717, 1.165) is 116 Å². The first kappa shape index (κ1) is 58.4. The van der Waals surface area contributed by atoms with Crippen LogP contribution in [0, 0.1) is 0 Å². The number of rotatable bonds is 44. The average molecular weight is 875 g/mol. The van der Waals surface area contributed by atoms with E-state index in [1.807, 2.05) is 0 Å². The van der Waals surface area contributed by atoms with Gasteiger partial charge < -0.3 is 24.6 Å². The molecule has 0 aromatic rings. The summed E-state index contributed by atoms with van der Waals surface area (Å²) in [5, 5.41) is 18.4.